The number of ketones is 1. The highest BCUT2D eigenvalue weighted by atomic mass is 32.1. The number of urea groups is 1. The first-order valence-corrected chi connectivity index (χ1v) is 6.47. The molecular weight excluding hydrogens is 262 g/mol. The smallest absolute Gasteiger partial charge is 0.308 e. The summed E-state index contributed by atoms with van der Waals surface area (Å²) in [6.07, 6.45) is 1.69. The van der Waals surface area contributed by atoms with Gasteiger partial charge >= 0.3 is 6.03 Å². The molecule has 0 aliphatic rings. The van der Waals surface area contributed by atoms with Crippen LogP contribution in [0.1, 0.15) is 22.2 Å². The largest absolute Gasteiger partial charge is 0.325 e. The Bertz CT molecular complexity index is 622. The van der Waals surface area contributed by atoms with Crippen LogP contribution in [0.4, 0.5) is 15.6 Å². The minimum atomic E-state index is -0.380. The van der Waals surface area contributed by atoms with Crippen LogP contribution >= 0.6 is 11.3 Å². The standard InChI is InChI=1S/C13H13N3O2S/c1-8-7-14-13(19-8)16-12(18)15-11-5-3-4-10(6-11)9(2)17/h3-7H,1-2H3,(H2,14,15,16,18). The minimum absolute atomic E-state index is 0.0420. The Balaban J connectivity index is 2.02. The number of benzene rings is 1. The van der Waals surface area contributed by atoms with Crippen molar-refractivity contribution >= 4 is 34.0 Å². The van der Waals surface area contributed by atoms with E-state index in [0.29, 0.717) is 16.4 Å². The minimum Gasteiger partial charge on any atom is -0.308 e. The van der Waals surface area contributed by atoms with E-state index in [1.165, 1.54) is 18.3 Å². The molecule has 1 aromatic heterocycles. The molecule has 0 bridgehead atoms. The zero-order valence-electron chi connectivity index (χ0n) is 10.6. The average molecular weight is 275 g/mol. The van der Waals surface area contributed by atoms with Crippen LogP contribution in [-0.2, 0) is 0 Å². The van der Waals surface area contributed by atoms with E-state index < -0.39 is 0 Å². The Morgan fingerprint density at radius 3 is 2.68 bits per heavy atom. The van der Waals surface area contributed by atoms with Crippen molar-refractivity contribution < 1.29 is 9.59 Å². The first-order chi connectivity index (χ1) is 9.04. The normalized spacial score (nSPS) is 10.0. The van der Waals surface area contributed by atoms with Crippen molar-refractivity contribution in [2.75, 3.05) is 10.6 Å². The Morgan fingerprint density at radius 2 is 2.05 bits per heavy atom. The number of aryl methyl sites for hydroxylation is 1. The van der Waals surface area contributed by atoms with Crippen LogP contribution in [-0.4, -0.2) is 16.8 Å². The summed E-state index contributed by atoms with van der Waals surface area (Å²) in [5.41, 5.74) is 1.13. The van der Waals surface area contributed by atoms with Gasteiger partial charge < -0.3 is 5.32 Å². The fourth-order valence-electron chi connectivity index (χ4n) is 1.49. The second-order valence-corrected chi connectivity index (χ2v) is 5.23. The van der Waals surface area contributed by atoms with Gasteiger partial charge in [0.1, 0.15) is 0 Å². The van der Waals surface area contributed by atoms with Crippen LogP contribution in [0, 0.1) is 6.92 Å². The maximum atomic E-state index is 11.7. The van der Waals surface area contributed by atoms with Crippen molar-refractivity contribution in [1.29, 1.82) is 0 Å². The lowest BCUT2D eigenvalue weighted by Gasteiger charge is -2.06. The molecule has 2 amide bonds. The summed E-state index contributed by atoms with van der Waals surface area (Å²) in [5.74, 6) is -0.0420. The monoisotopic (exact) mass is 275 g/mol. The molecule has 2 rings (SSSR count). The number of hydrogen-bond donors (Lipinski definition) is 2. The van der Waals surface area contributed by atoms with Crippen molar-refractivity contribution in [3.8, 4) is 0 Å². The van der Waals surface area contributed by atoms with Crippen LogP contribution in [0.25, 0.3) is 0 Å². The SMILES string of the molecule is CC(=O)c1cccc(NC(=O)Nc2ncc(C)s2)c1. The van der Waals surface area contributed by atoms with Gasteiger partial charge in [0, 0.05) is 22.3 Å². The molecule has 0 aliphatic heterocycles. The van der Waals surface area contributed by atoms with E-state index in [0.717, 1.165) is 4.88 Å². The van der Waals surface area contributed by atoms with Gasteiger partial charge in [0.05, 0.1) is 0 Å². The fourth-order valence-corrected chi connectivity index (χ4v) is 2.15. The van der Waals surface area contributed by atoms with E-state index in [2.05, 4.69) is 15.6 Å². The molecule has 19 heavy (non-hydrogen) atoms. The molecule has 2 aromatic rings. The van der Waals surface area contributed by atoms with Gasteiger partial charge in [0.2, 0.25) is 0 Å². The first-order valence-electron chi connectivity index (χ1n) is 5.66. The molecule has 0 atom stereocenters. The number of carbonyl (C=O) groups excluding carboxylic acids is 2. The second-order valence-electron chi connectivity index (χ2n) is 3.99. The zero-order chi connectivity index (χ0) is 13.8. The van der Waals surface area contributed by atoms with Gasteiger partial charge in [0.15, 0.2) is 10.9 Å². The van der Waals surface area contributed by atoms with Crippen LogP contribution in [0.15, 0.2) is 30.5 Å². The molecule has 0 unspecified atom stereocenters. The molecule has 1 heterocycles. The number of anilines is 2. The van der Waals surface area contributed by atoms with Gasteiger partial charge in [-0.1, -0.05) is 12.1 Å². The molecule has 2 N–H and O–H groups in total. The first kappa shape index (κ1) is 13.2. The third kappa shape index (κ3) is 3.62. The van der Waals surface area contributed by atoms with Crippen molar-refractivity contribution in [2.24, 2.45) is 0 Å². The van der Waals surface area contributed by atoms with Crippen LogP contribution in [0.3, 0.4) is 0 Å². The molecule has 0 radical (unpaired) electrons. The van der Waals surface area contributed by atoms with Crippen LogP contribution in [0.5, 0.6) is 0 Å². The van der Waals surface area contributed by atoms with E-state index in [4.69, 9.17) is 0 Å². The van der Waals surface area contributed by atoms with Gasteiger partial charge in [0.25, 0.3) is 0 Å². The molecule has 1 aromatic carbocycles. The summed E-state index contributed by atoms with van der Waals surface area (Å²) < 4.78 is 0. The average Bonchev–Trinajstić information content (AvgIpc) is 2.74. The number of aromatic nitrogens is 1. The van der Waals surface area contributed by atoms with Crippen molar-refractivity contribution in [2.45, 2.75) is 13.8 Å². The predicted molar refractivity (Wildman–Crippen MR) is 75.9 cm³/mol. The number of nitrogens with one attached hydrogen (secondary N) is 2. The Kier molecular flexibility index (Phi) is 3.91. The molecule has 0 aliphatic carbocycles. The number of thiazole rings is 1. The van der Waals surface area contributed by atoms with E-state index in [9.17, 15) is 9.59 Å². The van der Waals surface area contributed by atoms with E-state index in [-0.39, 0.29) is 11.8 Å². The van der Waals surface area contributed by atoms with Gasteiger partial charge in [-0.25, -0.2) is 9.78 Å². The summed E-state index contributed by atoms with van der Waals surface area (Å²) in [7, 11) is 0. The summed E-state index contributed by atoms with van der Waals surface area (Å²) >= 11 is 1.40. The van der Waals surface area contributed by atoms with E-state index in [1.807, 2.05) is 6.92 Å². The topological polar surface area (TPSA) is 71.1 Å². The van der Waals surface area contributed by atoms with Crippen molar-refractivity contribution in [3.63, 3.8) is 0 Å². The quantitative estimate of drug-likeness (QED) is 0.844. The third-order valence-electron chi connectivity index (χ3n) is 2.37. The molecule has 0 spiro atoms. The molecule has 0 fully saturated rings. The Hall–Kier alpha value is -2.21. The second kappa shape index (κ2) is 5.62. The van der Waals surface area contributed by atoms with Gasteiger partial charge in [-0.3, -0.25) is 10.1 Å². The number of hydrogen-bond acceptors (Lipinski definition) is 4. The summed E-state index contributed by atoms with van der Waals surface area (Å²) in [6, 6.07) is 6.40. The zero-order valence-corrected chi connectivity index (χ0v) is 11.4. The summed E-state index contributed by atoms with van der Waals surface area (Å²) in [6.45, 7) is 3.40. The maximum Gasteiger partial charge on any atom is 0.325 e. The van der Waals surface area contributed by atoms with E-state index >= 15 is 0 Å². The number of nitrogens with zero attached hydrogens (tertiary/aromatic N) is 1. The molecule has 6 heteroatoms. The number of rotatable bonds is 3. The van der Waals surface area contributed by atoms with Crippen LogP contribution < -0.4 is 10.6 Å². The Morgan fingerprint density at radius 1 is 1.26 bits per heavy atom. The fraction of sp³-hybridized carbons (Fsp3) is 0.154. The van der Waals surface area contributed by atoms with Crippen molar-refractivity contribution in [3.05, 3.63) is 40.9 Å². The highest BCUT2D eigenvalue weighted by Crippen LogP contribution is 2.17. The van der Waals surface area contributed by atoms with Gasteiger partial charge in [-0.2, -0.15) is 0 Å². The number of Topliss-reactive ketones (excluding diaryl/α,β-unsaturated/α-hetero) is 1. The summed E-state index contributed by atoms with van der Waals surface area (Å²) in [5, 5.41) is 5.83. The summed E-state index contributed by atoms with van der Waals surface area (Å²) in [4.78, 5) is 28.0. The lowest BCUT2D eigenvalue weighted by molar-refractivity contribution is 0.101. The lowest BCUT2D eigenvalue weighted by atomic mass is 10.1. The highest BCUT2D eigenvalue weighted by molar-refractivity contribution is 7.15. The number of carbonyl (C=O) groups is 2. The van der Waals surface area contributed by atoms with Crippen LogP contribution in [0.2, 0.25) is 0 Å². The van der Waals surface area contributed by atoms with Crippen molar-refractivity contribution in [1.82, 2.24) is 4.98 Å². The predicted octanol–water partition coefficient (Wildman–Crippen LogP) is 3.30. The molecule has 0 saturated carbocycles. The molecule has 5 nitrogen and oxygen atoms in total. The lowest BCUT2D eigenvalue weighted by Crippen LogP contribution is -2.19. The molecular formula is C13H13N3O2S. The third-order valence-corrected chi connectivity index (χ3v) is 3.20. The maximum absolute atomic E-state index is 11.7. The molecule has 98 valence electrons. The number of amides is 2. The Labute approximate surface area is 114 Å². The van der Waals surface area contributed by atoms with E-state index in [1.54, 1.807) is 30.5 Å². The van der Waals surface area contributed by atoms with Gasteiger partial charge in [-0.05, 0) is 26.0 Å². The highest BCUT2D eigenvalue weighted by Gasteiger charge is 2.06. The molecule has 0 saturated heterocycles. The van der Waals surface area contributed by atoms with Gasteiger partial charge in [-0.15, -0.1) is 11.3 Å².